The fraction of sp³-hybridized carbons (Fsp3) is 0.0833. The first-order valence-corrected chi connectivity index (χ1v) is 4.71. The van der Waals surface area contributed by atoms with Crippen LogP contribution in [-0.2, 0) is 0 Å². The standard InChI is InChI=1S/C12H12N2O/c13-11-8-14-7-6-10(11)12(15)9-4-2-1-3-5-9/h1-8,12,15H,13H2. The van der Waals surface area contributed by atoms with Gasteiger partial charge >= 0.3 is 0 Å². The molecular weight excluding hydrogens is 188 g/mol. The van der Waals surface area contributed by atoms with Crippen LogP contribution in [0, 0.1) is 0 Å². The molecule has 0 radical (unpaired) electrons. The number of nitrogen functional groups attached to an aromatic ring is 1. The van der Waals surface area contributed by atoms with Gasteiger partial charge in [-0.15, -0.1) is 0 Å². The van der Waals surface area contributed by atoms with E-state index in [0.29, 0.717) is 11.3 Å². The van der Waals surface area contributed by atoms with Gasteiger partial charge in [-0.3, -0.25) is 4.98 Å². The van der Waals surface area contributed by atoms with Crippen LogP contribution in [0.3, 0.4) is 0 Å². The van der Waals surface area contributed by atoms with Crippen LogP contribution in [-0.4, -0.2) is 10.1 Å². The Kier molecular flexibility index (Phi) is 2.65. The largest absolute Gasteiger partial charge is 0.397 e. The van der Waals surface area contributed by atoms with Gasteiger partial charge in [0.15, 0.2) is 0 Å². The van der Waals surface area contributed by atoms with Crippen molar-refractivity contribution in [3.05, 3.63) is 59.9 Å². The minimum absolute atomic E-state index is 0.508. The topological polar surface area (TPSA) is 59.1 Å². The zero-order valence-corrected chi connectivity index (χ0v) is 8.17. The van der Waals surface area contributed by atoms with Gasteiger partial charge in [-0.05, 0) is 11.6 Å². The third-order valence-electron chi connectivity index (χ3n) is 2.30. The number of hydrogen-bond acceptors (Lipinski definition) is 3. The minimum Gasteiger partial charge on any atom is -0.397 e. The van der Waals surface area contributed by atoms with Gasteiger partial charge in [0.05, 0.1) is 11.9 Å². The molecule has 0 fully saturated rings. The van der Waals surface area contributed by atoms with E-state index in [1.54, 1.807) is 18.5 Å². The van der Waals surface area contributed by atoms with Crippen LogP contribution in [0.4, 0.5) is 5.69 Å². The predicted molar refractivity (Wildman–Crippen MR) is 59.2 cm³/mol. The molecule has 1 aromatic carbocycles. The second kappa shape index (κ2) is 4.11. The molecule has 2 aromatic rings. The number of pyridine rings is 1. The van der Waals surface area contributed by atoms with E-state index in [4.69, 9.17) is 5.73 Å². The van der Waals surface area contributed by atoms with E-state index in [1.165, 1.54) is 0 Å². The number of rotatable bonds is 2. The lowest BCUT2D eigenvalue weighted by Gasteiger charge is -2.12. The molecule has 15 heavy (non-hydrogen) atoms. The molecule has 0 amide bonds. The molecule has 3 nitrogen and oxygen atoms in total. The van der Waals surface area contributed by atoms with Crippen molar-refractivity contribution in [3.63, 3.8) is 0 Å². The average molecular weight is 200 g/mol. The predicted octanol–water partition coefficient (Wildman–Crippen LogP) is 1.75. The number of nitrogens with zero attached hydrogens (tertiary/aromatic N) is 1. The number of anilines is 1. The highest BCUT2D eigenvalue weighted by atomic mass is 16.3. The van der Waals surface area contributed by atoms with Crippen LogP contribution in [0.5, 0.6) is 0 Å². The normalized spacial score (nSPS) is 12.3. The van der Waals surface area contributed by atoms with Crippen LogP contribution >= 0.6 is 0 Å². The average Bonchev–Trinajstić information content (AvgIpc) is 2.30. The summed E-state index contributed by atoms with van der Waals surface area (Å²) in [7, 11) is 0. The summed E-state index contributed by atoms with van der Waals surface area (Å²) < 4.78 is 0. The number of aliphatic hydroxyl groups is 1. The molecule has 0 aliphatic rings. The summed E-state index contributed by atoms with van der Waals surface area (Å²) in [5.41, 5.74) is 7.76. The fourth-order valence-electron chi connectivity index (χ4n) is 1.48. The molecule has 0 aliphatic carbocycles. The summed E-state index contributed by atoms with van der Waals surface area (Å²) in [5.74, 6) is 0. The van der Waals surface area contributed by atoms with E-state index in [1.807, 2.05) is 30.3 Å². The Morgan fingerprint density at radius 2 is 1.87 bits per heavy atom. The minimum atomic E-state index is -0.686. The SMILES string of the molecule is Nc1cnccc1C(O)c1ccccc1. The van der Waals surface area contributed by atoms with E-state index in [2.05, 4.69) is 4.98 Å². The number of nitrogens with two attached hydrogens (primary N) is 1. The highest BCUT2D eigenvalue weighted by Crippen LogP contribution is 2.25. The highest BCUT2D eigenvalue weighted by Gasteiger charge is 2.12. The Morgan fingerprint density at radius 1 is 1.13 bits per heavy atom. The maximum Gasteiger partial charge on any atom is 0.106 e. The first kappa shape index (κ1) is 9.68. The molecule has 76 valence electrons. The van der Waals surface area contributed by atoms with E-state index in [0.717, 1.165) is 5.56 Å². The lowest BCUT2D eigenvalue weighted by molar-refractivity contribution is 0.221. The molecule has 3 N–H and O–H groups in total. The van der Waals surface area contributed by atoms with Crippen molar-refractivity contribution in [3.8, 4) is 0 Å². The number of benzene rings is 1. The monoisotopic (exact) mass is 200 g/mol. The second-order valence-corrected chi connectivity index (χ2v) is 3.32. The van der Waals surface area contributed by atoms with Gasteiger partial charge in [0.25, 0.3) is 0 Å². The van der Waals surface area contributed by atoms with Crippen LogP contribution < -0.4 is 5.73 Å². The van der Waals surface area contributed by atoms with E-state index >= 15 is 0 Å². The van der Waals surface area contributed by atoms with E-state index in [-0.39, 0.29) is 0 Å². The maximum absolute atomic E-state index is 10.1. The zero-order valence-electron chi connectivity index (χ0n) is 8.17. The fourth-order valence-corrected chi connectivity index (χ4v) is 1.48. The van der Waals surface area contributed by atoms with Crippen LogP contribution in [0.1, 0.15) is 17.2 Å². The van der Waals surface area contributed by atoms with Gasteiger partial charge in [0.1, 0.15) is 6.10 Å². The Balaban J connectivity index is 2.37. The molecule has 0 saturated carbocycles. The first-order chi connectivity index (χ1) is 7.29. The Morgan fingerprint density at radius 3 is 2.53 bits per heavy atom. The van der Waals surface area contributed by atoms with Gasteiger partial charge in [-0.2, -0.15) is 0 Å². The first-order valence-electron chi connectivity index (χ1n) is 4.71. The number of aromatic nitrogens is 1. The molecule has 0 saturated heterocycles. The van der Waals surface area contributed by atoms with Gasteiger partial charge in [-0.1, -0.05) is 30.3 Å². The number of aliphatic hydroxyl groups excluding tert-OH is 1. The van der Waals surface area contributed by atoms with Crippen LogP contribution in [0.25, 0.3) is 0 Å². The van der Waals surface area contributed by atoms with Crippen LogP contribution in [0.2, 0.25) is 0 Å². The molecule has 1 aromatic heterocycles. The summed E-state index contributed by atoms with van der Waals surface area (Å²) in [4.78, 5) is 3.88. The van der Waals surface area contributed by atoms with Crippen molar-refractivity contribution in [1.29, 1.82) is 0 Å². The van der Waals surface area contributed by atoms with Gasteiger partial charge in [0, 0.05) is 11.8 Å². The van der Waals surface area contributed by atoms with Gasteiger partial charge in [0.2, 0.25) is 0 Å². The van der Waals surface area contributed by atoms with Crippen molar-refractivity contribution >= 4 is 5.69 Å². The summed E-state index contributed by atoms with van der Waals surface area (Å²) in [6.45, 7) is 0. The maximum atomic E-state index is 10.1. The third-order valence-corrected chi connectivity index (χ3v) is 2.30. The molecule has 1 atom stereocenters. The highest BCUT2D eigenvalue weighted by molar-refractivity contribution is 5.48. The molecule has 1 heterocycles. The molecule has 0 spiro atoms. The summed E-state index contributed by atoms with van der Waals surface area (Å²) >= 11 is 0. The lowest BCUT2D eigenvalue weighted by atomic mass is 10.0. The summed E-state index contributed by atoms with van der Waals surface area (Å²) in [6.07, 6.45) is 2.48. The molecule has 1 unspecified atom stereocenters. The van der Waals surface area contributed by atoms with Crippen molar-refractivity contribution in [2.24, 2.45) is 0 Å². The summed E-state index contributed by atoms with van der Waals surface area (Å²) in [5, 5.41) is 10.1. The van der Waals surface area contributed by atoms with Crippen molar-refractivity contribution < 1.29 is 5.11 Å². The van der Waals surface area contributed by atoms with E-state index in [9.17, 15) is 5.11 Å². The smallest absolute Gasteiger partial charge is 0.106 e. The van der Waals surface area contributed by atoms with Crippen LogP contribution in [0.15, 0.2) is 48.8 Å². The molecular formula is C12H12N2O. The lowest BCUT2D eigenvalue weighted by Crippen LogP contribution is -2.03. The Bertz CT molecular complexity index is 442. The zero-order chi connectivity index (χ0) is 10.7. The Hall–Kier alpha value is -1.87. The van der Waals surface area contributed by atoms with Gasteiger partial charge < -0.3 is 10.8 Å². The Labute approximate surface area is 88.2 Å². The van der Waals surface area contributed by atoms with E-state index < -0.39 is 6.10 Å². The second-order valence-electron chi connectivity index (χ2n) is 3.32. The third kappa shape index (κ3) is 1.97. The molecule has 0 bridgehead atoms. The quantitative estimate of drug-likeness (QED) is 0.776. The number of hydrogen-bond donors (Lipinski definition) is 2. The van der Waals surface area contributed by atoms with Gasteiger partial charge in [-0.25, -0.2) is 0 Å². The summed E-state index contributed by atoms with van der Waals surface area (Å²) in [6, 6.07) is 11.1. The molecule has 2 rings (SSSR count). The van der Waals surface area contributed by atoms with Crippen molar-refractivity contribution in [2.75, 3.05) is 5.73 Å². The van der Waals surface area contributed by atoms with Crippen molar-refractivity contribution in [2.45, 2.75) is 6.10 Å². The molecule has 0 aliphatic heterocycles. The van der Waals surface area contributed by atoms with Crippen molar-refractivity contribution in [1.82, 2.24) is 4.98 Å². The molecule has 3 heteroatoms.